The first-order valence-corrected chi connectivity index (χ1v) is 10.1. The topological polar surface area (TPSA) is 56.8 Å². The zero-order valence-corrected chi connectivity index (χ0v) is 17.0. The molecule has 1 heterocycles. The van der Waals surface area contributed by atoms with Gasteiger partial charge in [-0.1, -0.05) is 36.4 Å². The number of carbonyl (C=O) groups excluding carboxylic acids is 1. The highest BCUT2D eigenvalue weighted by Gasteiger charge is 2.20. The molecule has 30 heavy (non-hydrogen) atoms. The summed E-state index contributed by atoms with van der Waals surface area (Å²) in [4.78, 5) is 13.0. The molecule has 1 N–H and O–H groups in total. The third-order valence-electron chi connectivity index (χ3n) is 5.11. The van der Waals surface area contributed by atoms with Gasteiger partial charge in [0.25, 0.3) is 5.91 Å². The van der Waals surface area contributed by atoms with E-state index in [1.54, 1.807) is 31.4 Å². The van der Waals surface area contributed by atoms with E-state index in [4.69, 9.17) is 14.2 Å². The second-order valence-corrected chi connectivity index (χ2v) is 7.20. The molecule has 5 heteroatoms. The zero-order valence-electron chi connectivity index (χ0n) is 17.0. The number of carbonyl (C=O) groups is 1. The molecule has 0 aromatic heterocycles. The van der Waals surface area contributed by atoms with Gasteiger partial charge in [-0.2, -0.15) is 0 Å². The van der Waals surface area contributed by atoms with Crippen molar-refractivity contribution in [3.8, 4) is 17.2 Å². The number of methoxy groups -OCH3 is 1. The van der Waals surface area contributed by atoms with E-state index >= 15 is 0 Å². The molecule has 0 fully saturated rings. The highest BCUT2D eigenvalue weighted by molar-refractivity contribution is 5.94. The van der Waals surface area contributed by atoms with Crippen LogP contribution in [-0.4, -0.2) is 26.2 Å². The van der Waals surface area contributed by atoms with Crippen molar-refractivity contribution in [2.75, 3.05) is 20.3 Å². The lowest BCUT2D eigenvalue weighted by Gasteiger charge is -2.21. The van der Waals surface area contributed by atoms with Crippen molar-refractivity contribution in [3.05, 3.63) is 89.5 Å². The number of nitrogens with one attached hydrogen (secondary N) is 1. The zero-order chi connectivity index (χ0) is 20.8. The maximum Gasteiger partial charge on any atom is 0.251 e. The summed E-state index contributed by atoms with van der Waals surface area (Å²) in [7, 11) is 1.61. The summed E-state index contributed by atoms with van der Waals surface area (Å²) in [5.74, 6) is 2.05. The minimum Gasteiger partial charge on any atom is -0.497 e. The Morgan fingerprint density at radius 2 is 1.70 bits per heavy atom. The van der Waals surface area contributed by atoms with Crippen LogP contribution in [0.2, 0.25) is 0 Å². The molecular formula is C25H25NO4. The molecule has 1 aliphatic rings. The standard InChI is InChI=1S/C25H25NO4/c1-28-21-11-8-19(9-12-21)25(27)26-22(16-18-6-3-2-4-7-18)20-10-13-23-24(17-20)30-15-5-14-29-23/h2-4,6-13,17,22H,5,14-16H2,1H3,(H,26,27)/t22-/m0/s1. The third kappa shape index (κ3) is 4.74. The molecule has 0 spiro atoms. The van der Waals surface area contributed by atoms with Gasteiger partial charge in [0.2, 0.25) is 0 Å². The molecule has 3 aromatic carbocycles. The highest BCUT2D eigenvalue weighted by Crippen LogP contribution is 2.33. The highest BCUT2D eigenvalue weighted by atomic mass is 16.5. The average molecular weight is 403 g/mol. The van der Waals surface area contributed by atoms with Gasteiger partial charge in [0.15, 0.2) is 11.5 Å². The van der Waals surface area contributed by atoms with Crippen molar-refractivity contribution < 1.29 is 19.0 Å². The van der Waals surface area contributed by atoms with Gasteiger partial charge in [0.1, 0.15) is 5.75 Å². The number of fused-ring (bicyclic) bond motifs is 1. The fourth-order valence-corrected chi connectivity index (χ4v) is 3.48. The first-order valence-electron chi connectivity index (χ1n) is 10.1. The Balaban J connectivity index is 1.60. The van der Waals surface area contributed by atoms with E-state index < -0.39 is 0 Å². The molecule has 154 valence electrons. The summed E-state index contributed by atoms with van der Waals surface area (Å²) in [5.41, 5.74) is 2.71. The van der Waals surface area contributed by atoms with Crippen LogP contribution in [0.15, 0.2) is 72.8 Å². The normalized spacial score (nSPS) is 13.8. The molecule has 0 saturated carbocycles. The van der Waals surface area contributed by atoms with E-state index in [0.717, 1.165) is 34.8 Å². The van der Waals surface area contributed by atoms with Crippen LogP contribution in [0.1, 0.15) is 33.9 Å². The number of hydrogen-bond donors (Lipinski definition) is 1. The quantitative estimate of drug-likeness (QED) is 0.655. The number of hydrogen-bond acceptors (Lipinski definition) is 4. The first-order chi connectivity index (χ1) is 14.7. The molecule has 5 nitrogen and oxygen atoms in total. The third-order valence-corrected chi connectivity index (χ3v) is 5.11. The smallest absolute Gasteiger partial charge is 0.251 e. The van der Waals surface area contributed by atoms with E-state index in [1.807, 2.05) is 36.4 Å². The van der Waals surface area contributed by atoms with Crippen LogP contribution in [0.5, 0.6) is 17.2 Å². The van der Waals surface area contributed by atoms with E-state index in [2.05, 4.69) is 17.4 Å². The number of amides is 1. The maximum absolute atomic E-state index is 13.0. The molecule has 1 amide bonds. The van der Waals surface area contributed by atoms with Crippen molar-refractivity contribution in [1.29, 1.82) is 0 Å². The molecule has 1 aliphatic heterocycles. The van der Waals surface area contributed by atoms with Crippen LogP contribution in [0.4, 0.5) is 0 Å². The summed E-state index contributed by atoms with van der Waals surface area (Å²) in [6.07, 6.45) is 1.52. The van der Waals surface area contributed by atoms with Crippen molar-refractivity contribution >= 4 is 5.91 Å². The lowest BCUT2D eigenvalue weighted by atomic mass is 9.98. The Kier molecular flexibility index (Phi) is 6.18. The second-order valence-electron chi connectivity index (χ2n) is 7.20. The van der Waals surface area contributed by atoms with Gasteiger partial charge in [-0.3, -0.25) is 4.79 Å². The Hall–Kier alpha value is -3.47. The molecule has 0 radical (unpaired) electrons. The lowest BCUT2D eigenvalue weighted by Crippen LogP contribution is -2.30. The fraction of sp³-hybridized carbons (Fsp3) is 0.240. The first kappa shape index (κ1) is 19.8. The monoisotopic (exact) mass is 403 g/mol. The predicted octanol–water partition coefficient (Wildman–Crippen LogP) is 4.57. The molecule has 3 aromatic rings. The Labute approximate surface area is 176 Å². The molecule has 0 saturated heterocycles. The van der Waals surface area contributed by atoms with Gasteiger partial charge in [-0.05, 0) is 53.9 Å². The van der Waals surface area contributed by atoms with Gasteiger partial charge in [-0.15, -0.1) is 0 Å². The fourth-order valence-electron chi connectivity index (χ4n) is 3.48. The summed E-state index contributed by atoms with van der Waals surface area (Å²) in [6, 6.07) is 22.9. The number of benzene rings is 3. The van der Waals surface area contributed by atoms with E-state index in [0.29, 0.717) is 25.2 Å². The Bertz CT molecular complexity index is 986. The average Bonchev–Trinajstić information content (AvgIpc) is 3.04. The Morgan fingerprint density at radius 1 is 0.967 bits per heavy atom. The lowest BCUT2D eigenvalue weighted by molar-refractivity contribution is 0.0936. The summed E-state index contributed by atoms with van der Waals surface area (Å²) >= 11 is 0. The van der Waals surface area contributed by atoms with Crippen molar-refractivity contribution in [3.63, 3.8) is 0 Å². The van der Waals surface area contributed by atoms with Gasteiger partial charge >= 0.3 is 0 Å². The maximum atomic E-state index is 13.0. The molecule has 1 atom stereocenters. The van der Waals surface area contributed by atoms with E-state index in [9.17, 15) is 4.79 Å². The van der Waals surface area contributed by atoms with E-state index in [-0.39, 0.29) is 11.9 Å². The van der Waals surface area contributed by atoms with Gasteiger partial charge < -0.3 is 19.5 Å². The van der Waals surface area contributed by atoms with Crippen molar-refractivity contribution in [2.45, 2.75) is 18.9 Å². The Morgan fingerprint density at radius 3 is 2.43 bits per heavy atom. The molecule has 0 aliphatic carbocycles. The van der Waals surface area contributed by atoms with Crippen molar-refractivity contribution in [2.24, 2.45) is 0 Å². The van der Waals surface area contributed by atoms with Crippen LogP contribution < -0.4 is 19.5 Å². The van der Waals surface area contributed by atoms with Crippen LogP contribution in [-0.2, 0) is 6.42 Å². The largest absolute Gasteiger partial charge is 0.497 e. The van der Waals surface area contributed by atoms with Crippen LogP contribution in [0.25, 0.3) is 0 Å². The summed E-state index contributed by atoms with van der Waals surface area (Å²) in [5, 5.41) is 3.18. The van der Waals surface area contributed by atoms with Crippen LogP contribution in [0.3, 0.4) is 0 Å². The molecule has 4 rings (SSSR count). The van der Waals surface area contributed by atoms with Gasteiger partial charge in [-0.25, -0.2) is 0 Å². The molecule has 0 unspecified atom stereocenters. The predicted molar refractivity (Wildman–Crippen MR) is 115 cm³/mol. The minimum absolute atomic E-state index is 0.134. The van der Waals surface area contributed by atoms with Crippen LogP contribution in [0, 0.1) is 0 Å². The minimum atomic E-state index is -0.209. The van der Waals surface area contributed by atoms with Crippen LogP contribution >= 0.6 is 0 Å². The summed E-state index contributed by atoms with van der Waals surface area (Å²) in [6.45, 7) is 1.27. The number of ether oxygens (including phenoxy) is 3. The van der Waals surface area contributed by atoms with Gasteiger partial charge in [0, 0.05) is 12.0 Å². The number of rotatable bonds is 6. The van der Waals surface area contributed by atoms with Crippen molar-refractivity contribution in [1.82, 2.24) is 5.32 Å². The summed E-state index contributed by atoms with van der Waals surface area (Å²) < 4.78 is 16.8. The molecule has 0 bridgehead atoms. The van der Waals surface area contributed by atoms with Gasteiger partial charge in [0.05, 0.1) is 26.4 Å². The SMILES string of the molecule is COc1ccc(C(=O)N[C@@H](Cc2ccccc2)c2ccc3c(c2)OCCCO3)cc1. The molecular weight excluding hydrogens is 378 g/mol. The van der Waals surface area contributed by atoms with E-state index in [1.165, 1.54) is 0 Å². The second kappa shape index (κ2) is 9.35.